The predicted molar refractivity (Wildman–Crippen MR) is 207 cm³/mol. The van der Waals surface area contributed by atoms with Gasteiger partial charge in [0.1, 0.15) is 12.1 Å². The molecule has 1 fully saturated rings. The Morgan fingerprint density at radius 2 is 1.54 bits per heavy atom. The molecule has 12 nitrogen and oxygen atoms in total. The molecule has 0 unspecified atom stereocenters. The molecule has 4 N–H and O–H groups in total. The Kier molecular flexibility index (Phi) is 19.2. The van der Waals surface area contributed by atoms with Gasteiger partial charge in [-0.15, -0.1) is 12.4 Å². The molecule has 5 amide bonds. The van der Waals surface area contributed by atoms with Crippen LogP contribution in [0, 0.1) is 17.8 Å². The molecule has 1 aliphatic rings. The molecular weight excluding hydrogens is 682 g/mol. The van der Waals surface area contributed by atoms with Crippen molar-refractivity contribution in [3.05, 3.63) is 54.1 Å². The van der Waals surface area contributed by atoms with E-state index in [0.29, 0.717) is 36.9 Å². The van der Waals surface area contributed by atoms with Crippen LogP contribution in [0.25, 0.3) is 0 Å². The average molecular weight is 746 g/mol. The Bertz CT molecular complexity index is 1350. The molecule has 13 heteroatoms. The number of H-pyrrole nitrogens is 1. The van der Waals surface area contributed by atoms with Crippen LogP contribution in [0.5, 0.6) is 0 Å². The van der Waals surface area contributed by atoms with Gasteiger partial charge in [0.05, 0.1) is 18.5 Å². The molecule has 0 bridgehead atoms. The van der Waals surface area contributed by atoms with Crippen LogP contribution in [0.3, 0.4) is 0 Å². The van der Waals surface area contributed by atoms with Crippen molar-refractivity contribution in [2.24, 2.45) is 17.8 Å². The van der Waals surface area contributed by atoms with Gasteiger partial charge >= 0.3 is 6.03 Å². The van der Waals surface area contributed by atoms with E-state index in [4.69, 9.17) is 0 Å². The number of urea groups is 1. The lowest BCUT2D eigenvalue weighted by Gasteiger charge is -2.35. The highest BCUT2D eigenvalue weighted by atomic mass is 35.5. The summed E-state index contributed by atoms with van der Waals surface area (Å²) in [5, 5.41) is 17.5. The number of hydrogen-bond donors (Lipinski definition) is 4. The fraction of sp³-hybridized carbons (Fsp3) is 0.667. The van der Waals surface area contributed by atoms with Crippen molar-refractivity contribution in [3.8, 4) is 0 Å². The van der Waals surface area contributed by atoms with Gasteiger partial charge in [-0.2, -0.15) is 0 Å². The van der Waals surface area contributed by atoms with E-state index in [-0.39, 0.29) is 49.5 Å². The molecule has 1 aromatic heterocycles. The normalized spacial score (nSPS) is 15.6. The summed E-state index contributed by atoms with van der Waals surface area (Å²) < 4.78 is 0. The van der Waals surface area contributed by atoms with E-state index in [9.17, 15) is 24.3 Å². The van der Waals surface area contributed by atoms with Crippen molar-refractivity contribution in [1.29, 1.82) is 0 Å². The van der Waals surface area contributed by atoms with Gasteiger partial charge in [-0.25, -0.2) is 9.78 Å². The maximum Gasteiger partial charge on any atom is 0.317 e. The SMILES string of the molecule is CC(C)CC[C@H](O)[C@H](CC1CCCCC1)NC(=O)[C@H](Cc1cnc[nH]1)N(C)C(=O)[C@H](Cc1ccccc1)NC(=O)N(C)CCN(C)C(=O)C(C)C.Cl. The number of aromatic nitrogens is 2. The summed E-state index contributed by atoms with van der Waals surface area (Å²) in [6, 6.07) is 6.61. The molecule has 0 aliphatic heterocycles. The summed E-state index contributed by atoms with van der Waals surface area (Å²) in [5.41, 5.74) is 1.53. The van der Waals surface area contributed by atoms with Gasteiger partial charge in [0.15, 0.2) is 0 Å². The van der Waals surface area contributed by atoms with Crippen LogP contribution >= 0.6 is 12.4 Å². The second-order valence-electron chi connectivity index (χ2n) is 15.2. The molecule has 3 rings (SSSR count). The molecule has 0 saturated heterocycles. The van der Waals surface area contributed by atoms with E-state index in [1.165, 1.54) is 22.5 Å². The molecule has 2 aromatic rings. The summed E-state index contributed by atoms with van der Waals surface area (Å²) in [7, 11) is 4.93. The summed E-state index contributed by atoms with van der Waals surface area (Å²) in [6.07, 6.45) is 10.7. The Morgan fingerprint density at radius 1 is 0.885 bits per heavy atom. The second kappa shape index (κ2) is 22.4. The molecule has 0 radical (unpaired) electrons. The Balaban J connectivity index is 0.00000936. The smallest absolute Gasteiger partial charge is 0.317 e. The quantitative estimate of drug-likeness (QED) is 0.162. The van der Waals surface area contributed by atoms with Crippen LogP contribution in [0.2, 0.25) is 0 Å². The molecule has 52 heavy (non-hydrogen) atoms. The van der Waals surface area contributed by atoms with E-state index in [2.05, 4.69) is 34.4 Å². The minimum atomic E-state index is -0.978. The molecule has 0 spiro atoms. The first kappa shape index (κ1) is 44.5. The minimum absolute atomic E-state index is 0. The summed E-state index contributed by atoms with van der Waals surface area (Å²) in [4.78, 5) is 66.2. The number of benzene rings is 1. The Morgan fingerprint density at radius 3 is 2.13 bits per heavy atom. The van der Waals surface area contributed by atoms with Crippen LogP contribution in [0.1, 0.15) is 90.3 Å². The first-order valence-electron chi connectivity index (χ1n) is 18.8. The highest BCUT2D eigenvalue weighted by molar-refractivity contribution is 5.92. The number of amides is 5. The minimum Gasteiger partial charge on any atom is -0.391 e. The number of rotatable bonds is 19. The van der Waals surface area contributed by atoms with Gasteiger partial charge in [-0.1, -0.05) is 90.1 Å². The largest absolute Gasteiger partial charge is 0.391 e. The van der Waals surface area contributed by atoms with Crippen molar-refractivity contribution in [1.82, 2.24) is 35.3 Å². The molecule has 4 atom stereocenters. The summed E-state index contributed by atoms with van der Waals surface area (Å²) in [6.45, 7) is 8.52. The van der Waals surface area contributed by atoms with Crippen molar-refractivity contribution in [2.45, 2.75) is 116 Å². The Hall–Kier alpha value is -3.64. The number of carbonyl (C=O) groups is 4. The van der Waals surface area contributed by atoms with Crippen molar-refractivity contribution >= 4 is 36.2 Å². The van der Waals surface area contributed by atoms with E-state index < -0.39 is 36.2 Å². The molecular formula is C39H64ClN7O5. The fourth-order valence-electron chi connectivity index (χ4n) is 6.75. The van der Waals surface area contributed by atoms with Crippen LogP contribution in [0.4, 0.5) is 4.79 Å². The first-order valence-corrected chi connectivity index (χ1v) is 18.8. The highest BCUT2D eigenvalue weighted by Gasteiger charge is 2.35. The summed E-state index contributed by atoms with van der Waals surface area (Å²) in [5.74, 6) is -0.107. The second-order valence-corrected chi connectivity index (χ2v) is 15.2. The van der Waals surface area contributed by atoms with Crippen LogP contribution in [0.15, 0.2) is 42.9 Å². The van der Waals surface area contributed by atoms with E-state index in [1.54, 1.807) is 32.2 Å². The predicted octanol–water partition coefficient (Wildman–Crippen LogP) is 4.82. The topological polar surface area (TPSA) is 151 Å². The van der Waals surface area contributed by atoms with Gasteiger partial charge < -0.3 is 35.4 Å². The Labute approximate surface area is 317 Å². The first-order chi connectivity index (χ1) is 24.3. The van der Waals surface area contributed by atoms with Crippen molar-refractivity contribution < 1.29 is 24.3 Å². The van der Waals surface area contributed by atoms with Crippen LogP contribution < -0.4 is 10.6 Å². The van der Waals surface area contributed by atoms with E-state index >= 15 is 0 Å². The zero-order chi connectivity index (χ0) is 37.5. The number of aliphatic hydroxyl groups excluding tert-OH is 1. The average Bonchev–Trinajstić information content (AvgIpc) is 3.64. The lowest BCUT2D eigenvalue weighted by atomic mass is 9.83. The molecule has 1 aromatic carbocycles. The number of aliphatic hydroxyl groups is 1. The number of imidazole rings is 1. The zero-order valence-electron chi connectivity index (χ0n) is 32.3. The molecule has 292 valence electrons. The van der Waals surface area contributed by atoms with Gasteiger partial charge in [0.2, 0.25) is 17.7 Å². The summed E-state index contributed by atoms with van der Waals surface area (Å²) >= 11 is 0. The lowest BCUT2D eigenvalue weighted by molar-refractivity contribution is -0.141. The number of nitrogens with zero attached hydrogens (tertiary/aromatic N) is 4. The standard InChI is InChI=1S/C39H63N7O5.ClH/c1-27(2)18-19-35(47)32(22-29-14-10-8-11-15-29)42-36(48)34(24-31-25-40-26-41-31)46(7)38(50)33(23-30-16-12-9-13-17-30)43-39(51)45(6)21-20-44(5)37(49)28(3)4;/h9,12-13,16-17,25-29,32-35,47H,8,10-11,14-15,18-24H2,1-7H3,(H,40,41)(H,42,48)(H,43,51);1H/t32-,33-,34-,35-;/m0./s1. The van der Waals surface area contributed by atoms with Gasteiger partial charge in [0, 0.05) is 64.9 Å². The number of carbonyl (C=O) groups excluding carboxylic acids is 4. The maximum absolute atomic E-state index is 14.4. The maximum atomic E-state index is 14.4. The molecule has 1 saturated carbocycles. The van der Waals surface area contributed by atoms with Gasteiger partial charge in [0.25, 0.3) is 0 Å². The zero-order valence-corrected chi connectivity index (χ0v) is 33.2. The third-order valence-electron chi connectivity index (χ3n) is 10.1. The lowest BCUT2D eigenvalue weighted by Crippen LogP contribution is -2.58. The van der Waals surface area contributed by atoms with Crippen molar-refractivity contribution in [2.75, 3.05) is 34.2 Å². The van der Waals surface area contributed by atoms with E-state index in [1.807, 2.05) is 44.2 Å². The fourth-order valence-corrected chi connectivity index (χ4v) is 6.75. The number of likely N-dealkylation sites (N-methyl/N-ethyl adjacent to an activating group) is 3. The third-order valence-corrected chi connectivity index (χ3v) is 10.1. The number of hydrogen-bond acceptors (Lipinski definition) is 6. The number of aromatic amines is 1. The number of nitrogens with one attached hydrogen (secondary N) is 3. The monoisotopic (exact) mass is 745 g/mol. The number of halogens is 1. The van der Waals surface area contributed by atoms with Gasteiger partial charge in [-0.3, -0.25) is 14.4 Å². The van der Waals surface area contributed by atoms with Gasteiger partial charge in [-0.05, 0) is 36.7 Å². The molecule has 1 heterocycles. The van der Waals surface area contributed by atoms with Crippen molar-refractivity contribution in [3.63, 3.8) is 0 Å². The highest BCUT2D eigenvalue weighted by Crippen LogP contribution is 2.29. The molecule has 1 aliphatic carbocycles. The van der Waals surface area contributed by atoms with Crippen LogP contribution in [-0.2, 0) is 27.2 Å². The van der Waals surface area contributed by atoms with Crippen LogP contribution in [-0.4, -0.2) is 112 Å². The van der Waals surface area contributed by atoms with E-state index in [0.717, 1.165) is 37.7 Å². The third kappa shape index (κ3) is 14.4.